The molecule has 2 aromatic carbocycles. The van der Waals surface area contributed by atoms with E-state index in [1.54, 1.807) is 0 Å². The number of amides is 1. The van der Waals surface area contributed by atoms with Crippen molar-refractivity contribution in [2.75, 3.05) is 0 Å². The summed E-state index contributed by atoms with van der Waals surface area (Å²) >= 11 is 0. The van der Waals surface area contributed by atoms with Crippen molar-refractivity contribution < 1.29 is 4.79 Å². The Balaban J connectivity index is 1.51. The van der Waals surface area contributed by atoms with E-state index in [-0.39, 0.29) is 18.5 Å². The summed E-state index contributed by atoms with van der Waals surface area (Å²) in [7, 11) is 0. The average Bonchev–Trinajstić information content (AvgIpc) is 3.09. The Hall–Kier alpha value is -3.02. The molecule has 1 amide bonds. The van der Waals surface area contributed by atoms with Crippen molar-refractivity contribution in [3.63, 3.8) is 0 Å². The number of aromatic nitrogens is 4. The third-order valence-corrected chi connectivity index (χ3v) is 4.24. The molecule has 0 unspecified atom stereocenters. The maximum Gasteiger partial charge on any atom is 0.243 e. The summed E-state index contributed by atoms with van der Waals surface area (Å²) in [5.74, 6) is 0.423. The normalized spacial score (nSPS) is 11.9. The molecule has 1 N–H and O–H groups in total. The minimum absolute atomic E-state index is 0.0640. The zero-order chi connectivity index (χ0) is 18.4. The van der Waals surface area contributed by atoms with E-state index in [1.807, 2.05) is 56.3 Å². The van der Waals surface area contributed by atoms with Crippen LogP contribution in [0, 0.1) is 6.92 Å². The molecule has 6 heteroatoms. The quantitative estimate of drug-likeness (QED) is 0.712. The molecule has 0 aliphatic heterocycles. The number of aryl methyl sites for hydroxylation is 2. The Morgan fingerprint density at radius 2 is 1.85 bits per heavy atom. The Labute approximate surface area is 153 Å². The fourth-order valence-corrected chi connectivity index (χ4v) is 2.79. The fourth-order valence-electron chi connectivity index (χ4n) is 2.79. The van der Waals surface area contributed by atoms with Crippen LogP contribution in [0.4, 0.5) is 0 Å². The van der Waals surface area contributed by atoms with Crippen molar-refractivity contribution in [1.29, 1.82) is 0 Å². The van der Waals surface area contributed by atoms with Crippen LogP contribution in [0.3, 0.4) is 0 Å². The summed E-state index contributed by atoms with van der Waals surface area (Å²) in [6.07, 6.45) is 1.82. The lowest BCUT2D eigenvalue weighted by molar-refractivity contribution is -0.122. The van der Waals surface area contributed by atoms with Crippen LogP contribution in [-0.2, 0) is 17.8 Å². The third-order valence-electron chi connectivity index (χ3n) is 4.24. The topological polar surface area (TPSA) is 72.7 Å². The first-order chi connectivity index (χ1) is 12.6. The first-order valence-corrected chi connectivity index (χ1v) is 8.79. The van der Waals surface area contributed by atoms with E-state index in [2.05, 4.69) is 32.9 Å². The highest BCUT2D eigenvalue weighted by molar-refractivity contribution is 5.75. The summed E-state index contributed by atoms with van der Waals surface area (Å²) in [6.45, 7) is 4.07. The largest absolute Gasteiger partial charge is 0.352 e. The zero-order valence-corrected chi connectivity index (χ0v) is 15.1. The molecular formula is C20H23N5O. The summed E-state index contributed by atoms with van der Waals surface area (Å²) in [5.41, 5.74) is 3.27. The molecule has 3 rings (SSSR count). The van der Waals surface area contributed by atoms with Gasteiger partial charge >= 0.3 is 0 Å². The summed E-state index contributed by atoms with van der Waals surface area (Å²) in [6, 6.07) is 18.2. The van der Waals surface area contributed by atoms with Crippen molar-refractivity contribution in [3.8, 4) is 11.4 Å². The van der Waals surface area contributed by atoms with Gasteiger partial charge < -0.3 is 5.32 Å². The predicted molar refractivity (Wildman–Crippen MR) is 100 cm³/mol. The Morgan fingerprint density at radius 3 is 2.62 bits per heavy atom. The monoisotopic (exact) mass is 349 g/mol. The lowest BCUT2D eigenvalue weighted by Crippen LogP contribution is -2.35. The Morgan fingerprint density at radius 1 is 1.12 bits per heavy atom. The molecule has 26 heavy (non-hydrogen) atoms. The third kappa shape index (κ3) is 4.75. The Kier molecular flexibility index (Phi) is 5.73. The number of carbonyl (C=O) groups is 1. The van der Waals surface area contributed by atoms with E-state index in [0.29, 0.717) is 5.82 Å². The molecule has 1 atom stereocenters. The first kappa shape index (κ1) is 17.8. The van der Waals surface area contributed by atoms with Gasteiger partial charge in [-0.15, -0.1) is 10.2 Å². The molecule has 134 valence electrons. The molecule has 0 saturated heterocycles. The van der Waals surface area contributed by atoms with Gasteiger partial charge in [0.2, 0.25) is 11.7 Å². The highest BCUT2D eigenvalue weighted by atomic mass is 16.2. The van der Waals surface area contributed by atoms with E-state index in [0.717, 1.165) is 24.0 Å². The van der Waals surface area contributed by atoms with E-state index in [1.165, 1.54) is 10.4 Å². The average molecular weight is 349 g/mol. The van der Waals surface area contributed by atoms with Crippen LogP contribution in [0.5, 0.6) is 0 Å². The number of hydrogen-bond acceptors (Lipinski definition) is 4. The highest BCUT2D eigenvalue weighted by Crippen LogP contribution is 2.17. The second-order valence-corrected chi connectivity index (χ2v) is 6.45. The molecule has 1 aromatic heterocycles. The molecule has 0 aliphatic carbocycles. The van der Waals surface area contributed by atoms with Crippen LogP contribution in [0.25, 0.3) is 11.4 Å². The molecule has 0 saturated carbocycles. The van der Waals surface area contributed by atoms with E-state index < -0.39 is 0 Å². The van der Waals surface area contributed by atoms with Crippen molar-refractivity contribution in [2.45, 2.75) is 39.3 Å². The van der Waals surface area contributed by atoms with Crippen molar-refractivity contribution in [3.05, 3.63) is 65.7 Å². The van der Waals surface area contributed by atoms with Crippen molar-refractivity contribution in [2.24, 2.45) is 0 Å². The lowest BCUT2D eigenvalue weighted by Gasteiger charge is -2.13. The molecule has 0 aliphatic rings. The smallest absolute Gasteiger partial charge is 0.243 e. The Bertz CT molecular complexity index is 859. The summed E-state index contributed by atoms with van der Waals surface area (Å²) in [4.78, 5) is 13.5. The second kappa shape index (κ2) is 8.38. The number of nitrogens with zero attached hydrogens (tertiary/aromatic N) is 4. The van der Waals surface area contributed by atoms with E-state index in [4.69, 9.17) is 0 Å². The number of hydrogen-bond donors (Lipinski definition) is 1. The molecule has 0 spiro atoms. The zero-order valence-electron chi connectivity index (χ0n) is 15.1. The van der Waals surface area contributed by atoms with Gasteiger partial charge in [-0.05, 0) is 43.0 Å². The van der Waals surface area contributed by atoms with Gasteiger partial charge in [-0.1, -0.05) is 54.6 Å². The van der Waals surface area contributed by atoms with Gasteiger partial charge in [0.05, 0.1) is 0 Å². The van der Waals surface area contributed by atoms with Crippen LogP contribution in [-0.4, -0.2) is 32.2 Å². The van der Waals surface area contributed by atoms with Crippen LogP contribution < -0.4 is 5.32 Å². The minimum atomic E-state index is -0.112. The van der Waals surface area contributed by atoms with E-state index >= 15 is 0 Å². The van der Waals surface area contributed by atoms with Gasteiger partial charge in [0.1, 0.15) is 6.54 Å². The van der Waals surface area contributed by atoms with Crippen molar-refractivity contribution >= 4 is 5.91 Å². The standard InChI is InChI=1S/C20H23N5O/c1-15-8-6-7-11-18(15)20-22-24-25(23-20)14-19(26)21-16(2)12-13-17-9-4-3-5-10-17/h3-11,16H,12-14H2,1-2H3,(H,21,26)/t16-/m0/s1. The minimum Gasteiger partial charge on any atom is -0.352 e. The predicted octanol–water partition coefficient (Wildman–Crippen LogP) is 2.79. The lowest BCUT2D eigenvalue weighted by atomic mass is 10.1. The van der Waals surface area contributed by atoms with Gasteiger partial charge in [0.25, 0.3) is 0 Å². The SMILES string of the molecule is Cc1ccccc1-c1nnn(CC(=O)N[C@@H](C)CCc2ccccc2)n1. The maximum atomic E-state index is 12.2. The number of carbonyl (C=O) groups excluding carboxylic acids is 1. The molecule has 0 bridgehead atoms. The number of nitrogens with one attached hydrogen (secondary N) is 1. The second-order valence-electron chi connectivity index (χ2n) is 6.45. The maximum absolute atomic E-state index is 12.2. The van der Waals surface area contributed by atoms with Crippen LogP contribution >= 0.6 is 0 Å². The first-order valence-electron chi connectivity index (χ1n) is 8.79. The summed E-state index contributed by atoms with van der Waals surface area (Å²) in [5, 5.41) is 15.4. The number of rotatable bonds is 7. The fraction of sp³-hybridized carbons (Fsp3) is 0.300. The van der Waals surface area contributed by atoms with Gasteiger partial charge in [0, 0.05) is 11.6 Å². The van der Waals surface area contributed by atoms with Crippen molar-refractivity contribution in [1.82, 2.24) is 25.5 Å². The molecular weight excluding hydrogens is 326 g/mol. The van der Waals surface area contributed by atoms with Gasteiger partial charge in [-0.2, -0.15) is 4.80 Å². The molecule has 0 radical (unpaired) electrons. The van der Waals surface area contributed by atoms with Gasteiger partial charge in [-0.3, -0.25) is 4.79 Å². The van der Waals surface area contributed by atoms with E-state index in [9.17, 15) is 4.79 Å². The summed E-state index contributed by atoms with van der Waals surface area (Å²) < 4.78 is 0. The van der Waals surface area contributed by atoms with Crippen LogP contribution in [0.1, 0.15) is 24.5 Å². The highest BCUT2D eigenvalue weighted by Gasteiger charge is 2.12. The van der Waals surface area contributed by atoms with Crippen LogP contribution in [0.15, 0.2) is 54.6 Å². The molecule has 1 heterocycles. The number of benzene rings is 2. The molecule has 0 fully saturated rings. The van der Waals surface area contributed by atoms with Crippen LogP contribution in [0.2, 0.25) is 0 Å². The molecule has 6 nitrogen and oxygen atoms in total. The molecule has 3 aromatic rings. The number of tetrazole rings is 1. The van der Waals surface area contributed by atoms with Gasteiger partial charge in [0.15, 0.2) is 0 Å². The van der Waals surface area contributed by atoms with Gasteiger partial charge in [-0.25, -0.2) is 0 Å².